The quantitative estimate of drug-likeness (QED) is 0.691. The number of nitrogens with one attached hydrogen (secondary N) is 1. The lowest BCUT2D eigenvalue weighted by atomic mass is 10.1. The summed E-state index contributed by atoms with van der Waals surface area (Å²) in [5.41, 5.74) is 3.36. The van der Waals surface area contributed by atoms with E-state index in [-0.39, 0.29) is 5.91 Å². The van der Waals surface area contributed by atoms with E-state index in [1.54, 1.807) is 28.4 Å². The Labute approximate surface area is 168 Å². The van der Waals surface area contributed by atoms with Crippen LogP contribution in [0.5, 0.6) is 0 Å². The molecule has 0 spiro atoms. The number of morpholine rings is 1. The summed E-state index contributed by atoms with van der Waals surface area (Å²) in [7, 11) is 0. The van der Waals surface area contributed by atoms with Gasteiger partial charge >= 0.3 is 0 Å². The van der Waals surface area contributed by atoms with Crippen molar-refractivity contribution in [1.29, 1.82) is 0 Å². The maximum Gasteiger partial charge on any atom is 0.295 e. The molecule has 0 radical (unpaired) electrons. The zero-order valence-electron chi connectivity index (χ0n) is 16.4. The van der Waals surface area contributed by atoms with Crippen molar-refractivity contribution >= 4 is 32.6 Å². The zero-order chi connectivity index (χ0) is 19.5. The van der Waals surface area contributed by atoms with Gasteiger partial charge in [-0.3, -0.25) is 9.69 Å². The van der Waals surface area contributed by atoms with Crippen LogP contribution in [0.15, 0.2) is 34.9 Å². The van der Waals surface area contributed by atoms with Crippen molar-refractivity contribution < 1.29 is 18.8 Å². The second kappa shape index (κ2) is 8.43. The summed E-state index contributed by atoms with van der Waals surface area (Å²) >= 11 is 1.57. The van der Waals surface area contributed by atoms with Crippen molar-refractivity contribution in [3.05, 3.63) is 47.4 Å². The standard InChI is InChI=1S/C21H25N3O3S/c1-15-6-7-18-19(16(15)2)22-21(28-18)24(20(25)17-5-3-12-27-17)9-4-8-23-10-13-26-14-11-23/h3,5-7,12H,4,8-11,13-14H2,1-2H3/p+1. The van der Waals surface area contributed by atoms with E-state index in [0.29, 0.717) is 12.3 Å². The first-order valence-corrected chi connectivity index (χ1v) is 10.6. The molecule has 0 bridgehead atoms. The molecule has 1 aliphatic rings. The number of carbonyl (C=O) groups excluding carboxylic acids is 1. The molecule has 1 saturated heterocycles. The Bertz CT molecular complexity index is 945. The molecule has 1 N–H and O–H groups in total. The molecule has 3 heterocycles. The van der Waals surface area contributed by atoms with Crippen molar-refractivity contribution in [3.63, 3.8) is 0 Å². The number of carbonyl (C=O) groups is 1. The number of ether oxygens (including phenoxy) is 1. The normalized spacial score (nSPS) is 15.2. The van der Waals surface area contributed by atoms with Gasteiger partial charge in [0.15, 0.2) is 10.9 Å². The predicted octanol–water partition coefficient (Wildman–Crippen LogP) is 2.46. The lowest BCUT2D eigenvalue weighted by Crippen LogP contribution is -3.14. The van der Waals surface area contributed by atoms with E-state index in [0.717, 1.165) is 54.6 Å². The molecule has 0 atom stereocenters. The van der Waals surface area contributed by atoms with Gasteiger partial charge in [-0.05, 0) is 43.2 Å². The van der Waals surface area contributed by atoms with Crippen LogP contribution >= 0.6 is 11.3 Å². The number of anilines is 1. The molecule has 148 valence electrons. The average molecular weight is 401 g/mol. The van der Waals surface area contributed by atoms with Gasteiger partial charge in [0, 0.05) is 13.0 Å². The molecule has 0 saturated carbocycles. The third-order valence-electron chi connectivity index (χ3n) is 5.39. The summed E-state index contributed by atoms with van der Waals surface area (Å²) in [5.74, 6) is 0.223. The number of rotatable bonds is 6. The number of nitrogens with zero attached hydrogens (tertiary/aromatic N) is 2. The van der Waals surface area contributed by atoms with Crippen LogP contribution in [-0.2, 0) is 4.74 Å². The summed E-state index contributed by atoms with van der Waals surface area (Å²) in [4.78, 5) is 21.2. The predicted molar refractivity (Wildman–Crippen MR) is 110 cm³/mol. The highest BCUT2D eigenvalue weighted by Crippen LogP contribution is 2.32. The minimum Gasteiger partial charge on any atom is -0.459 e. The van der Waals surface area contributed by atoms with Crippen LogP contribution in [0.4, 0.5) is 5.13 Å². The lowest BCUT2D eigenvalue weighted by Gasteiger charge is -2.25. The molecule has 1 amide bonds. The Morgan fingerprint density at radius 2 is 2.07 bits per heavy atom. The van der Waals surface area contributed by atoms with E-state index in [4.69, 9.17) is 14.1 Å². The number of benzene rings is 1. The van der Waals surface area contributed by atoms with Gasteiger partial charge in [-0.2, -0.15) is 0 Å². The molecule has 7 heteroatoms. The smallest absolute Gasteiger partial charge is 0.295 e. The Morgan fingerprint density at radius 1 is 1.25 bits per heavy atom. The summed E-state index contributed by atoms with van der Waals surface area (Å²) in [6.07, 6.45) is 2.45. The number of amides is 1. The molecule has 0 unspecified atom stereocenters. The number of hydrogen-bond donors (Lipinski definition) is 1. The van der Waals surface area contributed by atoms with Crippen molar-refractivity contribution in [3.8, 4) is 0 Å². The summed E-state index contributed by atoms with van der Waals surface area (Å²) < 4.78 is 11.9. The fourth-order valence-electron chi connectivity index (χ4n) is 3.54. The molecule has 2 aromatic heterocycles. The molecule has 1 aliphatic heterocycles. The zero-order valence-corrected chi connectivity index (χ0v) is 17.2. The Balaban J connectivity index is 1.57. The average Bonchev–Trinajstić information content (AvgIpc) is 3.39. The third-order valence-corrected chi connectivity index (χ3v) is 6.44. The molecule has 1 fully saturated rings. The molecule has 0 aliphatic carbocycles. The minimum absolute atomic E-state index is 0.129. The highest BCUT2D eigenvalue weighted by Gasteiger charge is 2.24. The van der Waals surface area contributed by atoms with Gasteiger partial charge in [-0.15, -0.1) is 0 Å². The van der Waals surface area contributed by atoms with Gasteiger partial charge in [-0.25, -0.2) is 4.98 Å². The summed E-state index contributed by atoms with van der Waals surface area (Å²) in [6, 6.07) is 7.66. The van der Waals surface area contributed by atoms with E-state index < -0.39 is 0 Å². The molecule has 3 aromatic rings. The molecule has 6 nitrogen and oxygen atoms in total. The number of fused-ring (bicyclic) bond motifs is 1. The first-order valence-electron chi connectivity index (χ1n) is 9.77. The van der Waals surface area contributed by atoms with Crippen LogP contribution in [0.25, 0.3) is 10.2 Å². The van der Waals surface area contributed by atoms with Gasteiger partial charge in [0.25, 0.3) is 5.91 Å². The van der Waals surface area contributed by atoms with Crippen LogP contribution in [0, 0.1) is 13.8 Å². The van der Waals surface area contributed by atoms with Gasteiger partial charge in [0.1, 0.15) is 13.1 Å². The highest BCUT2D eigenvalue weighted by atomic mass is 32.1. The Morgan fingerprint density at radius 3 is 2.82 bits per heavy atom. The SMILES string of the molecule is Cc1ccc2sc(N(CCC[NH+]3CCOCC3)C(=O)c3ccco3)nc2c1C. The van der Waals surface area contributed by atoms with Crippen molar-refractivity contribution in [2.75, 3.05) is 44.3 Å². The number of hydrogen-bond acceptors (Lipinski definition) is 5. The number of aromatic nitrogens is 1. The highest BCUT2D eigenvalue weighted by molar-refractivity contribution is 7.22. The number of aryl methyl sites for hydroxylation is 2. The first kappa shape index (κ1) is 19.1. The summed E-state index contributed by atoms with van der Waals surface area (Å²) in [5, 5.41) is 0.738. The van der Waals surface area contributed by atoms with Crippen LogP contribution in [0.1, 0.15) is 28.1 Å². The maximum absolute atomic E-state index is 13.1. The van der Waals surface area contributed by atoms with E-state index in [1.807, 2.05) is 0 Å². The summed E-state index contributed by atoms with van der Waals surface area (Å²) in [6.45, 7) is 9.53. The largest absolute Gasteiger partial charge is 0.459 e. The lowest BCUT2D eigenvalue weighted by molar-refractivity contribution is -0.908. The van der Waals surface area contributed by atoms with E-state index >= 15 is 0 Å². The van der Waals surface area contributed by atoms with E-state index in [2.05, 4.69) is 26.0 Å². The van der Waals surface area contributed by atoms with Crippen LogP contribution < -0.4 is 9.80 Å². The topological polar surface area (TPSA) is 60.0 Å². The number of thiazole rings is 1. The monoisotopic (exact) mass is 400 g/mol. The maximum atomic E-state index is 13.1. The second-order valence-electron chi connectivity index (χ2n) is 7.25. The number of furan rings is 1. The number of quaternary nitrogens is 1. The van der Waals surface area contributed by atoms with Crippen molar-refractivity contribution in [1.82, 2.24) is 4.98 Å². The minimum atomic E-state index is -0.129. The van der Waals surface area contributed by atoms with Gasteiger partial charge in [0.2, 0.25) is 0 Å². The Kier molecular flexibility index (Phi) is 5.75. The molecule has 28 heavy (non-hydrogen) atoms. The third kappa shape index (κ3) is 3.97. The van der Waals surface area contributed by atoms with Crippen LogP contribution in [0.3, 0.4) is 0 Å². The van der Waals surface area contributed by atoms with Gasteiger partial charge in [0.05, 0.1) is 36.2 Å². The van der Waals surface area contributed by atoms with Crippen LogP contribution in [0.2, 0.25) is 0 Å². The fraction of sp³-hybridized carbons (Fsp3) is 0.429. The fourth-order valence-corrected chi connectivity index (χ4v) is 4.59. The molecular weight excluding hydrogens is 374 g/mol. The molecule has 4 rings (SSSR count). The van der Waals surface area contributed by atoms with Crippen molar-refractivity contribution in [2.45, 2.75) is 20.3 Å². The Hall–Kier alpha value is -2.22. The van der Waals surface area contributed by atoms with Gasteiger partial charge in [-0.1, -0.05) is 17.4 Å². The van der Waals surface area contributed by atoms with Gasteiger partial charge < -0.3 is 14.1 Å². The van der Waals surface area contributed by atoms with Crippen LogP contribution in [-0.4, -0.2) is 50.3 Å². The molecule has 1 aromatic carbocycles. The van der Waals surface area contributed by atoms with E-state index in [9.17, 15) is 4.79 Å². The first-order chi connectivity index (χ1) is 13.6. The van der Waals surface area contributed by atoms with E-state index in [1.165, 1.54) is 22.3 Å². The second-order valence-corrected chi connectivity index (χ2v) is 8.26. The molecular formula is C21H26N3O3S+. The van der Waals surface area contributed by atoms with Crippen molar-refractivity contribution in [2.24, 2.45) is 0 Å².